The molecule has 0 unspecified atom stereocenters. The molecule has 0 N–H and O–H groups in total. The van der Waals surface area contributed by atoms with Crippen LogP contribution < -0.4 is 9.47 Å². The molecule has 2 rings (SSSR count). The fraction of sp³-hybridized carbons (Fsp3) is 0.625. The zero-order chi connectivity index (χ0) is 38.7. The van der Waals surface area contributed by atoms with Gasteiger partial charge in [-0.3, -0.25) is 20.2 Å². The number of ether oxygens (including phenoxy) is 2. The van der Waals surface area contributed by atoms with E-state index in [1.165, 1.54) is 24.3 Å². The number of hydrogen-bond acceptors (Lipinski definition) is 11. The third-order valence-electron chi connectivity index (χ3n) is 7.50. The highest BCUT2D eigenvalue weighted by atomic mass is 28.5. The molecule has 0 atom stereocenters. The Balaban J connectivity index is 1.78. The minimum atomic E-state index is -2.63. The molecule has 0 heterocycles. The predicted molar refractivity (Wildman–Crippen MR) is 216 cm³/mol. The number of unbranched alkanes of at least 4 members (excludes halogenated alkanes) is 2. The van der Waals surface area contributed by atoms with Crippen LogP contribution in [0.3, 0.4) is 0 Å². The normalized spacial score (nSPS) is 13.3. The first kappa shape index (κ1) is 45.1. The van der Waals surface area contributed by atoms with E-state index in [2.05, 4.69) is 78.6 Å². The smallest absolute Gasteiger partial charge is 0.314 e. The van der Waals surface area contributed by atoms with Gasteiger partial charge in [-0.05, 0) is 128 Å². The SMILES string of the molecule is C[Si](C)(CCCCOc1ccc([N+](=O)[O-])cc1)O[Si](C)(C)O[Si](C)(C)O[Si](C)(C)O[Si](C)(C)O[Si](C)(C)CCCCOc1ccc([N+](=O)[O-])cc1. The van der Waals surface area contributed by atoms with Crippen molar-refractivity contribution in [3.05, 3.63) is 68.8 Å². The Labute approximate surface area is 310 Å². The first-order valence-electron chi connectivity index (χ1n) is 17.6. The Morgan fingerprint density at radius 1 is 0.451 bits per heavy atom. The van der Waals surface area contributed by atoms with Gasteiger partial charge in [-0.2, -0.15) is 0 Å². The molecule has 0 spiro atoms. The summed E-state index contributed by atoms with van der Waals surface area (Å²) in [5.74, 6) is 1.25. The van der Waals surface area contributed by atoms with Crippen molar-refractivity contribution < 1.29 is 39.9 Å². The lowest BCUT2D eigenvalue weighted by Gasteiger charge is -2.43. The molecule has 0 aliphatic rings. The molecule has 0 saturated heterocycles. The first-order chi connectivity index (χ1) is 23.3. The van der Waals surface area contributed by atoms with Crippen molar-refractivity contribution in [2.24, 2.45) is 0 Å². The zero-order valence-corrected chi connectivity index (χ0v) is 38.7. The molecule has 51 heavy (non-hydrogen) atoms. The van der Waals surface area contributed by atoms with Gasteiger partial charge in [0.05, 0.1) is 23.1 Å². The number of hydrogen-bond donors (Lipinski definition) is 0. The minimum absolute atomic E-state index is 0.0489. The minimum Gasteiger partial charge on any atom is -0.494 e. The van der Waals surface area contributed by atoms with Crippen LogP contribution in [0.5, 0.6) is 11.5 Å². The van der Waals surface area contributed by atoms with E-state index in [9.17, 15) is 20.2 Å². The standard InChI is InChI=1S/C32H60N2O11Si6/c1-46(2,27-15-13-25-39-31-21-17-29(18-22-31)33(35)36)41-48(5,6)43-50(9,10)45-51(11,12)44-49(7,8)42-47(3,4)28-16-14-26-40-32-23-19-30(20-24-32)34(37)38/h17-24H,13-16,25-28H2,1-12H3. The number of rotatable bonds is 24. The lowest BCUT2D eigenvalue weighted by Crippen LogP contribution is -2.60. The topological polar surface area (TPSA) is 151 Å². The van der Waals surface area contributed by atoms with Gasteiger partial charge in [-0.1, -0.05) is 12.8 Å². The van der Waals surface area contributed by atoms with Crippen LogP contribution in [0.15, 0.2) is 48.5 Å². The van der Waals surface area contributed by atoms with Crippen molar-refractivity contribution in [2.45, 2.75) is 116 Å². The molecule has 288 valence electrons. The van der Waals surface area contributed by atoms with Crippen LogP contribution in [0, 0.1) is 20.2 Å². The predicted octanol–water partition coefficient (Wildman–Crippen LogP) is 9.82. The summed E-state index contributed by atoms with van der Waals surface area (Å²) < 4.78 is 45.3. The Morgan fingerprint density at radius 3 is 1.00 bits per heavy atom. The highest BCUT2D eigenvalue weighted by molar-refractivity contribution is 6.91. The Morgan fingerprint density at radius 2 is 0.725 bits per heavy atom. The molecule has 0 aliphatic carbocycles. The molecule has 0 amide bonds. The second kappa shape index (κ2) is 18.8. The lowest BCUT2D eigenvalue weighted by molar-refractivity contribution is -0.385. The summed E-state index contributed by atoms with van der Waals surface area (Å²) in [5, 5.41) is 21.7. The van der Waals surface area contributed by atoms with E-state index in [1.807, 2.05) is 0 Å². The third kappa shape index (κ3) is 18.5. The molecule has 0 saturated carbocycles. The van der Waals surface area contributed by atoms with E-state index in [4.69, 9.17) is 30.0 Å². The number of nitro benzene ring substituents is 2. The van der Waals surface area contributed by atoms with Crippen molar-refractivity contribution in [1.29, 1.82) is 0 Å². The average molecular weight is 817 g/mol. The molecule has 13 nitrogen and oxygen atoms in total. The second-order valence-corrected chi connectivity index (χ2v) is 39.1. The van der Waals surface area contributed by atoms with Crippen LogP contribution in [0.25, 0.3) is 0 Å². The van der Waals surface area contributed by atoms with Gasteiger partial charge >= 0.3 is 34.2 Å². The lowest BCUT2D eigenvalue weighted by atomic mass is 10.3. The van der Waals surface area contributed by atoms with Crippen molar-refractivity contribution in [1.82, 2.24) is 0 Å². The third-order valence-corrected chi connectivity index (χ3v) is 30.8. The summed E-state index contributed by atoms with van der Waals surface area (Å²) in [6.45, 7) is 26.6. The van der Waals surface area contributed by atoms with Crippen LogP contribution in [-0.4, -0.2) is 73.9 Å². The van der Waals surface area contributed by atoms with Gasteiger partial charge in [-0.25, -0.2) is 0 Å². The summed E-state index contributed by atoms with van der Waals surface area (Å²) in [6, 6.07) is 14.2. The van der Waals surface area contributed by atoms with Crippen molar-refractivity contribution in [2.75, 3.05) is 13.2 Å². The number of nitro groups is 2. The average Bonchev–Trinajstić information content (AvgIpc) is 2.94. The van der Waals surface area contributed by atoms with Crippen molar-refractivity contribution >= 4 is 62.3 Å². The van der Waals surface area contributed by atoms with E-state index < -0.39 is 60.7 Å². The maximum atomic E-state index is 10.8. The fourth-order valence-corrected chi connectivity index (χ4v) is 36.3. The van der Waals surface area contributed by atoms with E-state index in [0.29, 0.717) is 24.7 Å². The van der Waals surface area contributed by atoms with Crippen LogP contribution in [0.1, 0.15) is 25.7 Å². The van der Waals surface area contributed by atoms with E-state index in [1.54, 1.807) is 24.3 Å². The molecule has 0 fully saturated rings. The molecule has 0 aromatic heterocycles. The maximum Gasteiger partial charge on any atom is 0.314 e. The summed E-state index contributed by atoms with van der Waals surface area (Å²) in [6.07, 6.45) is 3.63. The summed E-state index contributed by atoms with van der Waals surface area (Å²) in [5.41, 5.74) is 0.0979. The van der Waals surface area contributed by atoms with Gasteiger partial charge in [0, 0.05) is 24.3 Å². The van der Waals surface area contributed by atoms with Crippen molar-refractivity contribution in [3.8, 4) is 11.5 Å². The number of nitrogens with zero attached hydrogens (tertiary/aromatic N) is 2. The first-order valence-corrected chi connectivity index (χ1v) is 35.1. The summed E-state index contributed by atoms with van der Waals surface area (Å²) >= 11 is 0. The molecule has 2 aromatic rings. The number of benzene rings is 2. The van der Waals surface area contributed by atoms with Crippen LogP contribution >= 0.6 is 0 Å². The Hall–Kier alpha value is -2.06. The van der Waals surface area contributed by atoms with Crippen LogP contribution in [-0.2, 0) is 20.6 Å². The quantitative estimate of drug-likeness (QED) is 0.0431. The number of non-ortho nitro benzene ring substituents is 2. The Kier molecular flexibility index (Phi) is 16.6. The highest BCUT2D eigenvalue weighted by Crippen LogP contribution is 2.30. The van der Waals surface area contributed by atoms with Crippen LogP contribution in [0.4, 0.5) is 11.4 Å². The van der Waals surface area contributed by atoms with Crippen molar-refractivity contribution in [3.63, 3.8) is 0 Å². The second-order valence-electron chi connectivity index (χ2n) is 15.7. The molecule has 0 bridgehead atoms. The van der Waals surface area contributed by atoms with Gasteiger partial charge < -0.3 is 30.0 Å². The summed E-state index contributed by atoms with van der Waals surface area (Å²) in [4.78, 5) is 20.9. The van der Waals surface area contributed by atoms with Gasteiger partial charge in [-0.15, -0.1) is 0 Å². The monoisotopic (exact) mass is 816 g/mol. The van der Waals surface area contributed by atoms with Crippen LogP contribution in [0.2, 0.25) is 90.7 Å². The van der Waals surface area contributed by atoms with Gasteiger partial charge in [0.1, 0.15) is 11.5 Å². The molecule has 19 heteroatoms. The van der Waals surface area contributed by atoms with Gasteiger partial charge in [0.25, 0.3) is 11.4 Å². The van der Waals surface area contributed by atoms with Gasteiger partial charge in [0.2, 0.25) is 0 Å². The largest absolute Gasteiger partial charge is 0.494 e. The molecule has 2 aromatic carbocycles. The van der Waals surface area contributed by atoms with E-state index in [-0.39, 0.29) is 11.4 Å². The summed E-state index contributed by atoms with van der Waals surface area (Å²) in [7, 11) is -14.4. The zero-order valence-electron chi connectivity index (χ0n) is 32.7. The molecule has 0 aliphatic heterocycles. The molecule has 0 radical (unpaired) electrons. The van der Waals surface area contributed by atoms with E-state index >= 15 is 0 Å². The highest BCUT2D eigenvalue weighted by Gasteiger charge is 2.47. The molecular weight excluding hydrogens is 757 g/mol. The fourth-order valence-electron chi connectivity index (χ4n) is 6.31. The Bertz CT molecular complexity index is 1300. The van der Waals surface area contributed by atoms with Gasteiger partial charge in [0.15, 0.2) is 16.6 Å². The van der Waals surface area contributed by atoms with E-state index in [0.717, 1.165) is 37.8 Å². The maximum absolute atomic E-state index is 10.8. The molecular formula is C32H60N2O11Si6.